The third-order valence-electron chi connectivity index (χ3n) is 7.50. The molecule has 0 spiro atoms. The van der Waals surface area contributed by atoms with Gasteiger partial charge in [0.15, 0.2) is 0 Å². The molecule has 2 aromatic heterocycles. The molecule has 0 fully saturated rings. The summed E-state index contributed by atoms with van der Waals surface area (Å²) in [5.41, 5.74) is 13.0. The Morgan fingerprint density at radius 2 is 1.06 bits per heavy atom. The van der Waals surface area contributed by atoms with Crippen molar-refractivity contribution in [3.05, 3.63) is 96.1 Å². The van der Waals surface area contributed by atoms with Gasteiger partial charge in [0.25, 0.3) is 0 Å². The van der Waals surface area contributed by atoms with Gasteiger partial charge in [0.05, 0.1) is 0 Å². The molecular formula is C30H26N4O. The first-order valence-corrected chi connectivity index (χ1v) is 12.2. The van der Waals surface area contributed by atoms with Crippen LogP contribution in [0.5, 0.6) is 0 Å². The molecule has 5 heteroatoms. The molecule has 0 aliphatic carbocycles. The number of nitrogens with zero attached hydrogens (tertiary/aromatic N) is 3. The summed E-state index contributed by atoms with van der Waals surface area (Å²) in [6.07, 6.45) is 1.03. The van der Waals surface area contributed by atoms with Gasteiger partial charge >= 0.3 is 6.03 Å². The zero-order chi connectivity index (χ0) is 23.5. The van der Waals surface area contributed by atoms with Gasteiger partial charge in [0, 0.05) is 69.8 Å². The standard InChI is InChI=1S/C30H26N4O/c31-30(35)32-18-20-10-12-28-24(16-20)22-6-1-3-8-26(22)33(28)14-5-15-34-27-9-4-2-7-23(27)25-17-21(19-32)11-13-29(25)34/h1-4,6-13,16-17H,5,14-15,18-19H2,(H2,31,35). The second kappa shape index (κ2) is 7.64. The van der Waals surface area contributed by atoms with E-state index in [1.54, 1.807) is 4.90 Å². The Morgan fingerprint density at radius 1 is 0.600 bits per heavy atom. The summed E-state index contributed by atoms with van der Waals surface area (Å²) in [6, 6.07) is 29.9. The van der Waals surface area contributed by atoms with Gasteiger partial charge in [-0.2, -0.15) is 0 Å². The van der Waals surface area contributed by atoms with Gasteiger partial charge < -0.3 is 19.8 Å². The van der Waals surface area contributed by atoms with Crippen LogP contribution in [0.25, 0.3) is 43.6 Å². The summed E-state index contributed by atoms with van der Waals surface area (Å²) in [6.45, 7) is 2.82. The van der Waals surface area contributed by atoms with Gasteiger partial charge in [-0.25, -0.2) is 4.79 Å². The molecule has 35 heavy (non-hydrogen) atoms. The number of nitrogens with two attached hydrogens (primary N) is 1. The van der Waals surface area contributed by atoms with E-state index in [1.165, 1.54) is 43.6 Å². The molecule has 4 aliphatic heterocycles. The smallest absolute Gasteiger partial charge is 0.315 e. The molecule has 10 rings (SSSR count). The molecule has 6 heterocycles. The summed E-state index contributed by atoms with van der Waals surface area (Å²) in [5.74, 6) is 0. The fourth-order valence-electron chi connectivity index (χ4n) is 5.92. The van der Waals surface area contributed by atoms with Crippen LogP contribution < -0.4 is 5.73 Å². The quantitative estimate of drug-likeness (QED) is 0.282. The summed E-state index contributed by atoms with van der Waals surface area (Å²) in [5, 5.41) is 4.96. The predicted octanol–water partition coefficient (Wildman–Crippen LogP) is 6.39. The number of para-hydroxylation sites is 2. The van der Waals surface area contributed by atoms with Gasteiger partial charge in [-0.15, -0.1) is 0 Å². The fourth-order valence-corrected chi connectivity index (χ4v) is 5.92. The van der Waals surface area contributed by atoms with Crippen LogP contribution in [0.2, 0.25) is 0 Å². The average Bonchev–Trinajstić information content (AvgIpc) is 3.36. The number of primary amides is 1. The summed E-state index contributed by atoms with van der Waals surface area (Å²) < 4.78 is 4.89. The van der Waals surface area contributed by atoms with E-state index in [0.29, 0.717) is 13.1 Å². The highest BCUT2D eigenvalue weighted by atomic mass is 16.2. The maximum atomic E-state index is 12.5. The minimum absolute atomic E-state index is 0.406. The Kier molecular flexibility index (Phi) is 4.40. The van der Waals surface area contributed by atoms with Crippen LogP contribution in [0.15, 0.2) is 84.9 Å². The van der Waals surface area contributed by atoms with E-state index in [-0.39, 0.29) is 0 Å². The van der Waals surface area contributed by atoms with E-state index in [9.17, 15) is 4.79 Å². The minimum atomic E-state index is -0.406. The number of carbonyl (C=O) groups excluding carboxylic acids is 1. The van der Waals surface area contributed by atoms with Gasteiger partial charge in [0.2, 0.25) is 0 Å². The van der Waals surface area contributed by atoms with Gasteiger partial charge in [-0.05, 0) is 53.9 Å². The Balaban J connectivity index is 1.46. The van der Waals surface area contributed by atoms with Crippen LogP contribution in [-0.2, 0) is 26.2 Å². The Bertz CT molecular complexity index is 1650. The molecule has 2 amide bonds. The first kappa shape index (κ1) is 20.2. The number of amides is 2. The van der Waals surface area contributed by atoms with Crippen molar-refractivity contribution < 1.29 is 4.79 Å². The average molecular weight is 459 g/mol. The number of rotatable bonds is 0. The lowest BCUT2D eigenvalue weighted by Gasteiger charge is -2.21. The third-order valence-corrected chi connectivity index (χ3v) is 7.50. The number of fused-ring (bicyclic) bond motifs is 2. The van der Waals surface area contributed by atoms with E-state index in [0.717, 1.165) is 30.6 Å². The van der Waals surface area contributed by atoms with Crippen LogP contribution in [0, 0.1) is 0 Å². The summed E-state index contributed by atoms with van der Waals surface area (Å²) >= 11 is 0. The second-order valence-corrected chi connectivity index (χ2v) is 9.59. The molecule has 4 aromatic carbocycles. The SMILES string of the molecule is NC(=O)N1Cc2ccc3c(c2)c2ccccc2n3CCCn2c3ccccc3c3cc(ccc32)C1. The lowest BCUT2D eigenvalue weighted by Crippen LogP contribution is -2.34. The molecule has 5 nitrogen and oxygen atoms in total. The van der Waals surface area contributed by atoms with E-state index >= 15 is 0 Å². The van der Waals surface area contributed by atoms with Crippen molar-refractivity contribution in [2.75, 3.05) is 0 Å². The maximum absolute atomic E-state index is 12.5. The van der Waals surface area contributed by atoms with Crippen molar-refractivity contribution >= 4 is 49.6 Å². The predicted molar refractivity (Wildman–Crippen MR) is 142 cm³/mol. The molecule has 0 radical (unpaired) electrons. The van der Waals surface area contributed by atoms with Crippen LogP contribution in [0.4, 0.5) is 4.79 Å². The second-order valence-electron chi connectivity index (χ2n) is 9.59. The van der Waals surface area contributed by atoms with E-state index < -0.39 is 6.03 Å². The van der Waals surface area contributed by atoms with Crippen molar-refractivity contribution in [3.8, 4) is 0 Å². The first-order chi connectivity index (χ1) is 17.2. The van der Waals surface area contributed by atoms with E-state index in [1.807, 2.05) is 0 Å². The highest BCUT2D eigenvalue weighted by Gasteiger charge is 2.17. The molecular weight excluding hydrogens is 432 g/mol. The zero-order valence-electron chi connectivity index (χ0n) is 19.4. The number of hydrogen-bond donors (Lipinski definition) is 1. The lowest BCUT2D eigenvalue weighted by atomic mass is 10.1. The lowest BCUT2D eigenvalue weighted by molar-refractivity contribution is 0.202. The summed E-state index contributed by atoms with van der Waals surface area (Å²) in [7, 11) is 0. The highest BCUT2D eigenvalue weighted by Crippen LogP contribution is 2.33. The normalized spacial score (nSPS) is 14.5. The van der Waals surface area contributed by atoms with Crippen molar-refractivity contribution in [3.63, 3.8) is 0 Å². The highest BCUT2D eigenvalue weighted by molar-refractivity contribution is 6.09. The van der Waals surface area contributed by atoms with Crippen LogP contribution in [0.3, 0.4) is 0 Å². The molecule has 0 unspecified atom stereocenters. The van der Waals surface area contributed by atoms with Gasteiger partial charge in [0.1, 0.15) is 0 Å². The number of hydrogen-bond acceptors (Lipinski definition) is 1. The number of benzene rings is 4. The first-order valence-electron chi connectivity index (χ1n) is 12.2. The number of carbonyl (C=O) groups is 1. The van der Waals surface area contributed by atoms with Crippen molar-refractivity contribution in [1.82, 2.24) is 14.0 Å². The van der Waals surface area contributed by atoms with Gasteiger partial charge in [-0.3, -0.25) is 0 Å². The van der Waals surface area contributed by atoms with E-state index in [4.69, 9.17) is 5.73 Å². The Hall–Kier alpha value is -4.25. The van der Waals surface area contributed by atoms with Crippen LogP contribution in [0.1, 0.15) is 17.5 Å². The molecule has 8 bridgehead atoms. The van der Waals surface area contributed by atoms with Crippen LogP contribution >= 0.6 is 0 Å². The molecule has 0 saturated heterocycles. The molecule has 0 atom stereocenters. The van der Waals surface area contributed by atoms with Crippen molar-refractivity contribution in [1.29, 1.82) is 0 Å². The number of aromatic nitrogens is 2. The largest absolute Gasteiger partial charge is 0.351 e. The molecule has 2 N–H and O–H groups in total. The minimum Gasteiger partial charge on any atom is -0.351 e. The number of urea groups is 1. The topological polar surface area (TPSA) is 56.2 Å². The van der Waals surface area contributed by atoms with Crippen molar-refractivity contribution in [2.24, 2.45) is 5.73 Å². The maximum Gasteiger partial charge on any atom is 0.315 e. The monoisotopic (exact) mass is 458 g/mol. The fraction of sp³-hybridized carbons (Fsp3) is 0.167. The molecule has 4 aliphatic rings. The van der Waals surface area contributed by atoms with Gasteiger partial charge in [-0.1, -0.05) is 48.5 Å². The molecule has 6 aromatic rings. The van der Waals surface area contributed by atoms with Crippen molar-refractivity contribution in [2.45, 2.75) is 32.6 Å². The number of aryl methyl sites for hydroxylation is 2. The Labute approximate surface area is 202 Å². The summed E-state index contributed by atoms with van der Waals surface area (Å²) in [4.78, 5) is 14.2. The Morgan fingerprint density at radius 3 is 1.54 bits per heavy atom. The van der Waals surface area contributed by atoms with Crippen LogP contribution in [-0.4, -0.2) is 20.1 Å². The molecule has 0 saturated carbocycles. The zero-order valence-corrected chi connectivity index (χ0v) is 19.4. The van der Waals surface area contributed by atoms with E-state index in [2.05, 4.69) is 94.1 Å². The third kappa shape index (κ3) is 3.12. The molecule has 172 valence electrons.